The smallest absolute Gasteiger partial charge is 0.182 e. The van der Waals surface area contributed by atoms with Gasteiger partial charge in [0.25, 0.3) is 0 Å². The molecule has 7 N–H and O–H groups in total. The molecule has 258 valence electrons. The first-order valence-electron chi connectivity index (χ1n) is 17.7. The Morgan fingerprint density at radius 3 is 2.40 bits per heavy atom. The first-order valence-corrected chi connectivity index (χ1v) is 17.7. The van der Waals surface area contributed by atoms with E-state index < -0.39 is 64.4 Å². The van der Waals surface area contributed by atoms with Crippen molar-refractivity contribution in [2.24, 2.45) is 46.3 Å². The lowest BCUT2D eigenvalue weighted by Crippen LogP contribution is -2.65. The molecule has 14 atom stereocenters. The van der Waals surface area contributed by atoms with Gasteiger partial charge in [-0.05, 0) is 99.4 Å². The van der Waals surface area contributed by atoms with Crippen LogP contribution in [0.25, 0.3) is 0 Å². The molecule has 0 aromatic carbocycles. The van der Waals surface area contributed by atoms with Crippen molar-refractivity contribution < 1.29 is 40.2 Å². The molecule has 4 aliphatic carbocycles. The predicted octanol–water partition coefficient (Wildman–Crippen LogP) is 3.08. The molecule has 0 amide bonds. The number of nitrogens with one attached hydrogen (secondary N) is 1. The Hall–Kier alpha value is -1.07. The Morgan fingerprint density at radius 2 is 1.76 bits per heavy atom. The van der Waals surface area contributed by atoms with E-state index in [0.717, 1.165) is 19.3 Å². The lowest BCUT2D eigenvalue weighted by Gasteiger charge is -2.61. The van der Waals surface area contributed by atoms with Gasteiger partial charge in [-0.2, -0.15) is 0 Å². The summed E-state index contributed by atoms with van der Waals surface area (Å²) in [6.45, 7) is 14.6. The Morgan fingerprint density at radius 1 is 1.07 bits per heavy atom. The molecule has 14 unspecified atom stereocenters. The van der Waals surface area contributed by atoms with Crippen LogP contribution in [0.2, 0.25) is 0 Å². The minimum absolute atomic E-state index is 0.0855. The number of ketones is 1. The fourth-order valence-corrected chi connectivity index (χ4v) is 10.7. The number of carbonyl (C=O) groups is 1. The predicted molar refractivity (Wildman–Crippen MR) is 171 cm³/mol. The summed E-state index contributed by atoms with van der Waals surface area (Å²) < 4.78 is 6.20. The third-order valence-corrected chi connectivity index (χ3v) is 13.6. The fraction of sp³-hybridized carbons (Fsp3) is 0.917. The second-order valence-electron chi connectivity index (χ2n) is 16.9. The van der Waals surface area contributed by atoms with Crippen LogP contribution in [0.5, 0.6) is 0 Å². The highest BCUT2D eigenvalue weighted by molar-refractivity contribution is 5.99. The van der Waals surface area contributed by atoms with Crippen molar-refractivity contribution in [1.29, 1.82) is 0 Å². The third kappa shape index (κ3) is 5.64. The van der Waals surface area contributed by atoms with Gasteiger partial charge in [0.2, 0.25) is 0 Å². The van der Waals surface area contributed by atoms with E-state index in [-0.39, 0.29) is 37.0 Å². The maximum atomic E-state index is 14.2. The fourth-order valence-electron chi connectivity index (χ4n) is 10.7. The number of aliphatic hydroxyl groups is 6. The van der Waals surface area contributed by atoms with Gasteiger partial charge < -0.3 is 40.7 Å². The average molecular weight is 636 g/mol. The molecular weight excluding hydrogens is 574 g/mol. The van der Waals surface area contributed by atoms with Crippen LogP contribution in [0.4, 0.5) is 0 Å². The minimum atomic E-state index is -1.55. The summed E-state index contributed by atoms with van der Waals surface area (Å²) in [5.74, 6) is -0.359. The molecule has 1 saturated heterocycles. The van der Waals surface area contributed by atoms with Crippen LogP contribution >= 0.6 is 0 Å². The number of rotatable bonds is 10. The Balaban J connectivity index is 1.47. The molecule has 3 saturated carbocycles. The SMILES string of the molecule is CC(C)CCCC1COC(C(O)C(C)(O)C2CCC3(O)C4=C(NCC(C)O)C(=O)C5CC(O)C(O)CC5(C)C4CCC23C)C1C. The van der Waals surface area contributed by atoms with Crippen LogP contribution in [0.15, 0.2) is 11.3 Å². The van der Waals surface area contributed by atoms with Gasteiger partial charge in [-0.1, -0.05) is 47.5 Å². The summed E-state index contributed by atoms with van der Waals surface area (Å²) in [5, 5.41) is 71.7. The van der Waals surface area contributed by atoms with Crippen LogP contribution in [0.3, 0.4) is 0 Å². The third-order valence-electron chi connectivity index (χ3n) is 13.6. The molecule has 5 rings (SSSR count). The van der Waals surface area contributed by atoms with Crippen molar-refractivity contribution in [2.45, 2.75) is 148 Å². The second kappa shape index (κ2) is 12.4. The maximum Gasteiger partial charge on any atom is 0.182 e. The zero-order valence-electron chi connectivity index (χ0n) is 28.6. The number of Topliss-reactive ketones (excluding diaryl/α,β-unsaturated/α-hetero) is 1. The van der Waals surface area contributed by atoms with Crippen LogP contribution in [-0.4, -0.2) is 91.3 Å². The molecule has 45 heavy (non-hydrogen) atoms. The largest absolute Gasteiger partial charge is 0.392 e. The van der Waals surface area contributed by atoms with Crippen LogP contribution < -0.4 is 5.32 Å². The second-order valence-corrected chi connectivity index (χ2v) is 16.9. The van der Waals surface area contributed by atoms with E-state index in [0.29, 0.717) is 55.4 Å². The highest BCUT2D eigenvalue weighted by Crippen LogP contribution is 2.69. The lowest BCUT2D eigenvalue weighted by molar-refractivity contribution is -0.195. The van der Waals surface area contributed by atoms with E-state index in [1.807, 2.05) is 13.8 Å². The van der Waals surface area contributed by atoms with Gasteiger partial charge in [0, 0.05) is 17.9 Å². The molecule has 0 bridgehead atoms. The van der Waals surface area contributed by atoms with E-state index in [1.54, 1.807) is 13.8 Å². The zero-order valence-corrected chi connectivity index (χ0v) is 28.6. The maximum absolute atomic E-state index is 14.2. The molecule has 1 aliphatic heterocycles. The normalized spacial score (nSPS) is 46.0. The van der Waals surface area contributed by atoms with Crippen molar-refractivity contribution in [3.05, 3.63) is 11.3 Å². The Labute approximate surface area is 269 Å². The van der Waals surface area contributed by atoms with Crippen molar-refractivity contribution in [3.63, 3.8) is 0 Å². The standard InChI is InChI=1S/C36H61NO8/c1-19(2)9-8-10-22-18-45-31(21(22)4)32(42)35(7,43)27-12-14-36(44)28-23(11-13-34(27,36)6)33(5)16-26(40)25(39)15-24(33)30(41)29(28)37-17-20(3)38/h19-27,31-32,37-40,42-44H,8-18H2,1-7H3. The first kappa shape index (κ1) is 35.2. The number of fused-ring (bicyclic) bond motifs is 5. The molecule has 0 aromatic rings. The molecular formula is C36H61NO8. The minimum Gasteiger partial charge on any atom is -0.392 e. The van der Waals surface area contributed by atoms with E-state index in [9.17, 15) is 35.4 Å². The van der Waals surface area contributed by atoms with E-state index in [4.69, 9.17) is 4.74 Å². The summed E-state index contributed by atoms with van der Waals surface area (Å²) in [5.41, 5.74) is -3.57. The Kier molecular flexibility index (Phi) is 9.73. The summed E-state index contributed by atoms with van der Waals surface area (Å²) in [6, 6.07) is 0. The zero-order chi connectivity index (χ0) is 33.3. The quantitative estimate of drug-likeness (QED) is 0.192. The molecule has 1 heterocycles. The van der Waals surface area contributed by atoms with E-state index >= 15 is 0 Å². The monoisotopic (exact) mass is 635 g/mol. The van der Waals surface area contributed by atoms with Gasteiger partial charge in [0.15, 0.2) is 5.78 Å². The topological polar surface area (TPSA) is 160 Å². The van der Waals surface area contributed by atoms with Crippen molar-refractivity contribution in [2.75, 3.05) is 13.2 Å². The van der Waals surface area contributed by atoms with Gasteiger partial charge in [-0.25, -0.2) is 0 Å². The number of carbonyl (C=O) groups excluding carboxylic acids is 1. The number of hydrogen-bond acceptors (Lipinski definition) is 9. The summed E-state index contributed by atoms with van der Waals surface area (Å²) in [6.07, 6.45) is 1.36. The van der Waals surface area contributed by atoms with Gasteiger partial charge in [-0.15, -0.1) is 0 Å². The van der Waals surface area contributed by atoms with E-state index in [1.165, 1.54) is 0 Å². The summed E-state index contributed by atoms with van der Waals surface area (Å²) >= 11 is 0. The molecule has 0 radical (unpaired) electrons. The van der Waals surface area contributed by atoms with Crippen molar-refractivity contribution in [1.82, 2.24) is 5.32 Å². The highest BCUT2D eigenvalue weighted by atomic mass is 16.5. The molecule has 0 aromatic heterocycles. The van der Waals surface area contributed by atoms with E-state index in [2.05, 4.69) is 26.1 Å². The summed E-state index contributed by atoms with van der Waals surface area (Å²) in [4.78, 5) is 14.2. The molecule has 9 nitrogen and oxygen atoms in total. The number of hydrogen-bond donors (Lipinski definition) is 7. The number of aliphatic hydroxyl groups excluding tert-OH is 4. The van der Waals surface area contributed by atoms with Gasteiger partial charge >= 0.3 is 0 Å². The summed E-state index contributed by atoms with van der Waals surface area (Å²) in [7, 11) is 0. The van der Waals surface area contributed by atoms with Crippen LogP contribution in [-0.2, 0) is 9.53 Å². The van der Waals surface area contributed by atoms with Crippen LogP contribution in [0.1, 0.15) is 106 Å². The molecule has 4 fully saturated rings. The van der Waals surface area contributed by atoms with Crippen molar-refractivity contribution in [3.8, 4) is 0 Å². The number of ether oxygens (including phenoxy) is 1. The highest BCUT2D eigenvalue weighted by Gasteiger charge is 2.71. The van der Waals surface area contributed by atoms with Gasteiger partial charge in [-0.3, -0.25) is 4.79 Å². The molecule has 9 heteroatoms. The molecule has 5 aliphatic rings. The van der Waals surface area contributed by atoms with Crippen LogP contribution in [0, 0.1) is 46.3 Å². The lowest BCUT2D eigenvalue weighted by atomic mass is 9.45. The average Bonchev–Trinajstić information content (AvgIpc) is 3.45. The Bertz CT molecular complexity index is 1140. The first-order chi connectivity index (χ1) is 20.9. The van der Waals surface area contributed by atoms with Crippen molar-refractivity contribution >= 4 is 5.78 Å². The van der Waals surface area contributed by atoms with Gasteiger partial charge in [0.05, 0.1) is 47.9 Å². The number of allylic oxidation sites excluding steroid dienone is 1. The molecule has 0 spiro atoms. The van der Waals surface area contributed by atoms with Gasteiger partial charge in [0.1, 0.15) is 6.10 Å².